The van der Waals surface area contributed by atoms with Crippen molar-refractivity contribution in [3.8, 4) is 0 Å². The van der Waals surface area contributed by atoms with Crippen LogP contribution in [0, 0.1) is 17.8 Å². The van der Waals surface area contributed by atoms with Gasteiger partial charge in [-0.05, 0) is 74.5 Å². The van der Waals surface area contributed by atoms with Crippen LogP contribution in [0.5, 0.6) is 0 Å². The third kappa shape index (κ3) is 3.89. The SMILES string of the molecule is CC(C)C1CCC(C(=O)N(Cc2ccco2)Cc2nn(C)c3c2CCC3)CC1. The number of carbonyl (C=O) groups is 1. The molecule has 1 saturated carbocycles. The molecule has 28 heavy (non-hydrogen) atoms. The molecule has 0 N–H and O–H groups in total. The molecule has 0 atom stereocenters. The highest BCUT2D eigenvalue weighted by molar-refractivity contribution is 5.79. The van der Waals surface area contributed by atoms with Gasteiger partial charge in [-0.1, -0.05) is 13.8 Å². The van der Waals surface area contributed by atoms with Gasteiger partial charge in [0, 0.05) is 18.7 Å². The number of hydrogen-bond acceptors (Lipinski definition) is 3. The molecule has 1 amide bonds. The lowest BCUT2D eigenvalue weighted by Gasteiger charge is -2.33. The van der Waals surface area contributed by atoms with Gasteiger partial charge in [-0.15, -0.1) is 0 Å². The summed E-state index contributed by atoms with van der Waals surface area (Å²) >= 11 is 0. The lowest BCUT2D eigenvalue weighted by atomic mass is 9.76. The zero-order chi connectivity index (χ0) is 19.7. The van der Waals surface area contributed by atoms with Crippen LogP contribution in [0.1, 0.15) is 68.7 Å². The minimum atomic E-state index is 0.140. The number of aryl methyl sites for hydroxylation is 1. The van der Waals surface area contributed by atoms with E-state index in [1.54, 1.807) is 6.26 Å². The molecule has 0 bridgehead atoms. The van der Waals surface area contributed by atoms with E-state index in [1.807, 2.05) is 28.8 Å². The van der Waals surface area contributed by atoms with Gasteiger partial charge in [0.25, 0.3) is 0 Å². The first-order valence-electron chi connectivity index (χ1n) is 10.9. The molecule has 1 fully saturated rings. The van der Waals surface area contributed by atoms with Crippen LogP contribution in [0.2, 0.25) is 0 Å². The Bertz CT molecular complexity index is 798. The van der Waals surface area contributed by atoms with Crippen molar-refractivity contribution in [2.24, 2.45) is 24.8 Å². The molecule has 2 aliphatic carbocycles. The van der Waals surface area contributed by atoms with Crippen molar-refractivity contribution in [3.05, 3.63) is 41.1 Å². The van der Waals surface area contributed by atoms with Gasteiger partial charge in [-0.25, -0.2) is 0 Å². The van der Waals surface area contributed by atoms with Crippen molar-refractivity contribution >= 4 is 5.91 Å². The summed E-state index contributed by atoms with van der Waals surface area (Å²) in [6.45, 7) is 5.73. The first-order valence-corrected chi connectivity index (χ1v) is 10.9. The highest BCUT2D eigenvalue weighted by Gasteiger charge is 2.32. The molecule has 2 heterocycles. The van der Waals surface area contributed by atoms with Crippen LogP contribution < -0.4 is 0 Å². The molecule has 2 aromatic rings. The molecule has 0 radical (unpaired) electrons. The Morgan fingerprint density at radius 3 is 2.71 bits per heavy atom. The van der Waals surface area contributed by atoms with Gasteiger partial charge < -0.3 is 9.32 Å². The van der Waals surface area contributed by atoms with E-state index in [4.69, 9.17) is 9.52 Å². The number of aromatic nitrogens is 2. The fourth-order valence-electron chi connectivity index (χ4n) is 5.10. The predicted molar refractivity (Wildman–Crippen MR) is 108 cm³/mol. The topological polar surface area (TPSA) is 51.3 Å². The zero-order valence-corrected chi connectivity index (χ0v) is 17.5. The normalized spacial score (nSPS) is 21.9. The van der Waals surface area contributed by atoms with E-state index in [0.29, 0.717) is 19.0 Å². The van der Waals surface area contributed by atoms with Crippen molar-refractivity contribution < 1.29 is 9.21 Å². The molecule has 2 aromatic heterocycles. The van der Waals surface area contributed by atoms with E-state index in [2.05, 4.69) is 13.8 Å². The van der Waals surface area contributed by atoms with Gasteiger partial charge in [0.15, 0.2) is 0 Å². The lowest BCUT2D eigenvalue weighted by molar-refractivity contribution is -0.138. The highest BCUT2D eigenvalue weighted by atomic mass is 16.3. The fourth-order valence-corrected chi connectivity index (χ4v) is 5.10. The molecular formula is C23H33N3O2. The molecule has 152 valence electrons. The minimum absolute atomic E-state index is 0.140. The van der Waals surface area contributed by atoms with E-state index >= 15 is 0 Å². The number of furan rings is 1. The summed E-state index contributed by atoms with van der Waals surface area (Å²) in [5, 5.41) is 4.76. The number of amides is 1. The second-order valence-electron chi connectivity index (χ2n) is 8.98. The van der Waals surface area contributed by atoms with E-state index < -0.39 is 0 Å². The largest absolute Gasteiger partial charge is 0.467 e. The van der Waals surface area contributed by atoms with E-state index in [1.165, 1.54) is 30.5 Å². The number of rotatable bonds is 6. The van der Waals surface area contributed by atoms with Gasteiger partial charge in [0.1, 0.15) is 5.76 Å². The Hall–Kier alpha value is -2.04. The third-order valence-electron chi connectivity index (χ3n) is 6.84. The highest BCUT2D eigenvalue weighted by Crippen LogP contribution is 2.35. The Morgan fingerprint density at radius 1 is 1.25 bits per heavy atom. The van der Waals surface area contributed by atoms with Crippen LogP contribution in [0.15, 0.2) is 22.8 Å². The predicted octanol–water partition coefficient (Wildman–Crippen LogP) is 4.49. The summed E-state index contributed by atoms with van der Waals surface area (Å²) in [6.07, 6.45) is 9.42. The van der Waals surface area contributed by atoms with Crippen LogP contribution >= 0.6 is 0 Å². The number of carbonyl (C=O) groups excluding carboxylic acids is 1. The molecule has 0 unspecified atom stereocenters. The van der Waals surface area contributed by atoms with Gasteiger partial charge in [-0.2, -0.15) is 5.10 Å². The Balaban J connectivity index is 1.51. The quantitative estimate of drug-likeness (QED) is 0.738. The van der Waals surface area contributed by atoms with Gasteiger partial charge in [0.05, 0.1) is 25.0 Å². The van der Waals surface area contributed by atoms with Crippen LogP contribution in [0.3, 0.4) is 0 Å². The van der Waals surface area contributed by atoms with Crippen molar-refractivity contribution in [1.29, 1.82) is 0 Å². The lowest BCUT2D eigenvalue weighted by Crippen LogP contribution is -2.37. The van der Waals surface area contributed by atoms with Crippen LogP contribution in [0.25, 0.3) is 0 Å². The van der Waals surface area contributed by atoms with Gasteiger partial charge in [-0.3, -0.25) is 9.48 Å². The first-order chi connectivity index (χ1) is 13.5. The molecule has 4 rings (SSSR count). The summed E-state index contributed by atoms with van der Waals surface area (Å²) in [7, 11) is 2.03. The maximum atomic E-state index is 13.5. The summed E-state index contributed by atoms with van der Waals surface area (Å²) in [5.41, 5.74) is 3.78. The van der Waals surface area contributed by atoms with Crippen molar-refractivity contribution in [3.63, 3.8) is 0 Å². The Labute approximate surface area is 168 Å². The molecule has 0 spiro atoms. The second kappa shape index (κ2) is 8.14. The number of hydrogen-bond donors (Lipinski definition) is 0. The molecule has 0 saturated heterocycles. The summed E-state index contributed by atoms with van der Waals surface area (Å²) in [6, 6.07) is 3.85. The van der Waals surface area contributed by atoms with Crippen molar-refractivity contribution in [2.75, 3.05) is 0 Å². The fraction of sp³-hybridized carbons (Fsp3) is 0.652. The standard InChI is InChI=1S/C23H33N3O2/c1-16(2)17-9-11-18(12-10-17)23(27)26(14-19-6-5-13-28-19)15-21-20-7-4-8-22(20)25(3)24-21/h5-6,13,16-18H,4,7-12,14-15H2,1-3H3. The maximum Gasteiger partial charge on any atom is 0.226 e. The minimum Gasteiger partial charge on any atom is -0.467 e. The average Bonchev–Trinajstić information content (AvgIpc) is 3.42. The molecule has 0 aliphatic heterocycles. The third-order valence-corrected chi connectivity index (χ3v) is 6.84. The summed E-state index contributed by atoms with van der Waals surface area (Å²) in [4.78, 5) is 15.4. The summed E-state index contributed by atoms with van der Waals surface area (Å²) in [5.74, 6) is 2.74. The van der Waals surface area contributed by atoms with Crippen LogP contribution in [-0.4, -0.2) is 20.6 Å². The average molecular weight is 384 g/mol. The van der Waals surface area contributed by atoms with Gasteiger partial charge in [0.2, 0.25) is 5.91 Å². The molecule has 2 aliphatic rings. The summed E-state index contributed by atoms with van der Waals surface area (Å²) < 4.78 is 7.58. The van der Waals surface area contributed by atoms with Gasteiger partial charge >= 0.3 is 0 Å². The van der Waals surface area contributed by atoms with E-state index in [0.717, 1.165) is 43.1 Å². The maximum absolute atomic E-state index is 13.5. The van der Waals surface area contributed by atoms with Crippen molar-refractivity contribution in [2.45, 2.75) is 71.9 Å². The number of fused-ring (bicyclic) bond motifs is 1. The zero-order valence-electron chi connectivity index (χ0n) is 17.5. The van der Waals surface area contributed by atoms with Crippen molar-refractivity contribution in [1.82, 2.24) is 14.7 Å². The van der Waals surface area contributed by atoms with E-state index in [9.17, 15) is 4.79 Å². The Morgan fingerprint density at radius 2 is 2.04 bits per heavy atom. The molecule has 0 aromatic carbocycles. The second-order valence-corrected chi connectivity index (χ2v) is 8.98. The monoisotopic (exact) mass is 383 g/mol. The molecule has 5 heteroatoms. The number of nitrogens with zero attached hydrogens (tertiary/aromatic N) is 3. The Kier molecular flexibility index (Phi) is 5.61. The molecule has 5 nitrogen and oxygen atoms in total. The van der Waals surface area contributed by atoms with E-state index in [-0.39, 0.29) is 11.8 Å². The van der Waals surface area contributed by atoms with Crippen LogP contribution in [-0.2, 0) is 37.8 Å². The smallest absolute Gasteiger partial charge is 0.226 e. The molecular weight excluding hydrogens is 350 g/mol. The first kappa shape index (κ1) is 19.3. The van der Waals surface area contributed by atoms with Crippen LogP contribution in [0.4, 0.5) is 0 Å².